The van der Waals surface area contributed by atoms with Gasteiger partial charge in [-0.25, -0.2) is 9.55 Å². The van der Waals surface area contributed by atoms with E-state index in [0.29, 0.717) is 29.2 Å². The van der Waals surface area contributed by atoms with Crippen LogP contribution >= 0.6 is 7.75 Å². The Hall–Kier alpha value is -3.25. The van der Waals surface area contributed by atoms with E-state index in [1.807, 2.05) is 4.57 Å². The maximum atomic E-state index is 13.8. The normalized spacial score (nSPS) is 21.0. The molecule has 0 bridgehead atoms. The fraction of sp³-hybridized carbons (Fsp3) is 0.520. The number of ether oxygens (including phenoxy) is 2. The van der Waals surface area contributed by atoms with Crippen molar-refractivity contribution in [1.82, 2.24) is 24.6 Å². The highest BCUT2D eigenvalue weighted by Gasteiger charge is 2.45. The number of carbonyl (C=O) groups excluding carboxylic acids is 1. The van der Waals surface area contributed by atoms with E-state index in [2.05, 4.69) is 39.2 Å². The SMILES string of the molecule is CNc1nc(N)nc2c1ncn2[C@@H]1O[C@H](COP(=O)(N[C@@H](C)C(=O)OC(C)C)Oc2ccccc2)CC1(C)C. The molecular formula is C25H36N7O6P. The minimum atomic E-state index is -4.02. The van der Waals surface area contributed by atoms with Gasteiger partial charge in [0.25, 0.3) is 0 Å². The van der Waals surface area contributed by atoms with Crippen molar-refractivity contribution in [3.05, 3.63) is 36.7 Å². The summed E-state index contributed by atoms with van der Waals surface area (Å²) in [4.78, 5) is 25.4. The summed E-state index contributed by atoms with van der Waals surface area (Å²) in [6.45, 7) is 9.05. The zero-order chi connectivity index (χ0) is 28.4. The Morgan fingerprint density at radius 1 is 1.26 bits per heavy atom. The van der Waals surface area contributed by atoms with Gasteiger partial charge in [0.2, 0.25) is 5.95 Å². The summed E-state index contributed by atoms with van der Waals surface area (Å²) in [5.74, 6) is 0.380. The third-order valence-corrected chi connectivity index (χ3v) is 7.77. The predicted octanol–water partition coefficient (Wildman–Crippen LogP) is 3.90. The number of hydrogen-bond acceptors (Lipinski definition) is 11. The summed E-state index contributed by atoms with van der Waals surface area (Å²) < 4.78 is 38.8. The Morgan fingerprint density at radius 3 is 2.64 bits per heavy atom. The molecule has 4 N–H and O–H groups in total. The van der Waals surface area contributed by atoms with Gasteiger partial charge in [0.15, 0.2) is 17.0 Å². The molecule has 0 spiro atoms. The first-order valence-electron chi connectivity index (χ1n) is 12.7. The Kier molecular flexibility index (Phi) is 8.45. The number of benzene rings is 1. The molecule has 1 aliphatic rings. The van der Waals surface area contributed by atoms with Gasteiger partial charge in [-0.15, -0.1) is 0 Å². The van der Waals surface area contributed by atoms with Gasteiger partial charge in [-0.1, -0.05) is 32.0 Å². The van der Waals surface area contributed by atoms with Gasteiger partial charge in [0.05, 0.1) is 25.1 Å². The lowest BCUT2D eigenvalue weighted by atomic mass is 9.87. The van der Waals surface area contributed by atoms with E-state index in [9.17, 15) is 9.36 Å². The van der Waals surface area contributed by atoms with Crippen molar-refractivity contribution in [3.8, 4) is 5.75 Å². The Morgan fingerprint density at radius 2 is 1.97 bits per heavy atom. The quantitative estimate of drug-likeness (QED) is 0.229. The van der Waals surface area contributed by atoms with Crippen molar-refractivity contribution in [1.29, 1.82) is 0 Å². The second-order valence-corrected chi connectivity index (χ2v) is 12.0. The maximum Gasteiger partial charge on any atom is 0.459 e. The molecule has 212 valence electrons. The molecule has 1 fully saturated rings. The summed E-state index contributed by atoms with van der Waals surface area (Å²) in [6, 6.07) is 7.65. The number of nitrogens with one attached hydrogen (secondary N) is 2. The molecule has 14 heteroatoms. The molecule has 1 aliphatic heterocycles. The minimum Gasteiger partial charge on any atom is -0.462 e. The smallest absolute Gasteiger partial charge is 0.459 e. The second kappa shape index (κ2) is 11.5. The molecule has 0 amide bonds. The van der Waals surface area contributed by atoms with Crippen LogP contribution in [0.1, 0.15) is 47.3 Å². The van der Waals surface area contributed by atoms with Crippen LogP contribution in [0.25, 0.3) is 11.2 Å². The van der Waals surface area contributed by atoms with Crippen LogP contribution in [-0.2, 0) is 23.4 Å². The molecule has 3 aromatic rings. The van der Waals surface area contributed by atoms with Crippen LogP contribution < -0.4 is 20.7 Å². The minimum absolute atomic E-state index is 0.0610. The van der Waals surface area contributed by atoms with Gasteiger partial charge in [0.1, 0.15) is 18.0 Å². The van der Waals surface area contributed by atoms with Gasteiger partial charge < -0.3 is 25.0 Å². The van der Waals surface area contributed by atoms with E-state index in [4.69, 9.17) is 24.3 Å². The molecule has 13 nitrogen and oxygen atoms in total. The van der Waals surface area contributed by atoms with Gasteiger partial charge in [-0.3, -0.25) is 13.9 Å². The number of nitrogens with two attached hydrogens (primary N) is 1. The number of para-hydroxylation sites is 1. The van der Waals surface area contributed by atoms with Crippen LogP contribution in [0.4, 0.5) is 11.8 Å². The third-order valence-electron chi connectivity index (χ3n) is 6.13. The maximum absolute atomic E-state index is 13.8. The number of imidazole rings is 1. The summed E-state index contributed by atoms with van der Waals surface area (Å²) in [7, 11) is -2.29. The number of carbonyl (C=O) groups is 1. The van der Waals surface area contributed by atoms with Crippen LogP contribution in [-0.4, -0.2) is 57.4 Å². The summed E-state index contributed by atoms with van der Waals surface area (Å²) >= 11 is 0. The molecule has 3 heterocycles. The van der Waals surface area contributed by atoms with E-state index in [1.54, 1.807) is 57.6 Å². The Bertz CT molecular complexity index is 1350. The molecule has 1 saturated heterocycles. The van der Waals surface area contributed by atoms with Gasteiger partial charge in [0, 0.05) is 12.5 Å². The standard InChI is InChI=1S/C25H36N7O6P/c1-15(2)36-22(33)16(3)31-39(34,38-17-10-8-7-9-11-17)35-13-18-12-25(4,5)23(37-18)32-14-28-19-20(27-6)29-24(26)30-21(19)32/h7-11,14-16,18,23H,12-13H2,1-6H3,(H,31,34)(H3,26,27,29,30)/t16-,18-,23+,39?/m0/s1. The van der Waals surface area contributed by atoms with E-state index in [1.165, 1.54) is 6.92 Å². The summed E-state index contributed by atoms with van der Waals surface area (Å²) in [6.07, 6.45) is 0.984. The van der Waals surface area contributed by atoms with Crippen molar-refractivity contribution >= 4 is 36.6 Å². The average molecular weight is 562 g/mol. The lowest BCUT2D eigenvalue weighted by Gasteiger charge is -2.26. The van der Waals surface area contributed by atoms with Crippen molar-refractivity contribution < 1.29 is 27.9 Å². The average Bonchev–Trinajstić information content (AvgIpc) is 3.41. The number of aromatic nitrogens is 4. The lowest BCUT2D eigenvalue weighted by molar-refractivity contribution is -0.149. The number of nitrogen functional groups attached to an aromatic ring is 1. The first-order valence-corrected chi connectivity index (χ1v) is 14.3. The zero-order valence-corrected chi connectivity index (χ0v) is 23.8. The number of rotatable bonds is 11. The first-order chi connectivity index (χ1) is 18.4. The van der Waals surface area contributed by atoms with Crippen LogP contribution in [0.15, 0.2) is 36.7 Å². The molecule has 0 aliphatic carbocycles. The molecule has 1 unspecified atom stereocenters. The molecule has 1 aromatic carbocycles. The van der Waals surface area contributed by atoms with Gasteiger partial charge >= 0.3 is 13.7 Å². The van der Waals surface area contributed by atoms with E-state index in [-0.39, 0.29) is 24.1 Å². The van der Waals surface area contributed by atoms with Gasteiger partial charge in [-0.2, -0.15) is 15.1 Å². The molecule has 4 atom stereocenters. The van der Waals surface area contributed by atoms with Crippen molar-refractivity contribution in [3.63, 3.8) is 0 Å². The van der Waals surface area contributed by atoms with E-state index in [0.717, 1.165) is 0 Å². The highest BCUT2D eigenvalue weighted by atomic mass is 31.2. The van der Waals surface area contributed by atoms with Crippen molar-refractivity contribution in [2.75, 3.05) is 24.7 Å². The molecule has 39 heavy (non-hydrogen) atoms. The predicted molar refractivity (Wildman–Crippen MR) is 146 cm³/mol. The zero-order valence-electron chi connectivity index (χ0n) is 23.0. The number of nitrogens with zero attached hydrogens (tertiary/aromatic N) is 4. The van der Waals surface area contributed by atoms with E-state index < -0.39 is 32.1 Å². The summed E-state index contributed by atoms with van der Waals surface area (Å²) in [5, 5.41) is 5.68. The van der Waals surface area contributed by atoms with Crippen LogP contribution in [0, 0.1) is 5.41 Å². The molecule has 0 radical (unpaired) electrons. The topological polar surface area (TPSA) is 165 Å². The fourth-order valence-corrected chi connectivity index (χ4v) is 5.96. The molecular weight excluding hydrogens is 525 g/mol. The first kappa shape index (κ1) is 28.8. The number of fused-ring (bicyclic) bond motifs is 1. The Labute approximate surface area is 227 Å². The molecule has 4 rings (SSSR count). The van der Waals surface area contributed by atoms with Crippen molar-refractivity contribution in [2.45, 2.75) is 65.5 Å². The van der Waals surface area contributed by atoms with E-state index >= 15 is 0 Å². The van der Waals surface area contributed by atoms with Crippen molar-refractivity contribution in [2.24, 2.45) is 5.41 Å². The second-order valence-electron chi connectivity index (χ2n) is 10.3. The monoisotopic (exact) mass is 561 g/mol. The van der Waals surface area contributed by atoms with Gasteiger partial charge in [-0.05, 0) is 39.3 Å². The largest absolute Gasteiger partial charge is 0.462 e. The number of esters is 1. The highest BCUT2D eigenvalue weighted by molar-refractivity contribution is 7.52. The lowest BCUT2D eigenvalue weighted by Crippen LogP contribution is -2.36. The summed E-state index contributed by atoms with van der Waals surface area (Å²) in [5.41, 5.74) is 6.65. The van der Waals surface area contributed by atoms with Crippen LogP contribution in [0.2, 0.25) is 0 Å². The number of hydrogen-bond donors (Lipinski definition) is 3. The van der Waals surface area contributed by atoms with Crippen LogP contribution in [0.5, 0.6) is 5.75 Å². The highest BCUT2D eigenvalue weighted by Crippen LogP contribution is 2.49. The Balaban J connectivity index is 1.52. The van der Waals surface area contributed by atoms with Crippen LogP contribution in [0.3, 0.4) is 0 Å². The fourth-order valence-electron chi connectivity index (χ4n) is 4.44. The molecule has 0 saturated carbocycles. The molecule has 2 aromatic heterocycles. The number of anilines is 2. The third kappa shape index (κ3) is 6.67.